The molecule has 2 atom stereocenters. The van der Waals surface area contributed by atoms with Crippen molar-refractivity contribution in [2.24, 2.45) is 11.3 Å². The summed E-state index contributed by atoms with van der Waals surface area (Å²) in [6.45, 7) is 11.6. The van der Waals surface area contributed by atoms with Crippen molar-refractivity contribution in [3.8, 4) is 11.5 Å². The molecule has 1 amide bonds. The number of H-pyrrole nitrogens is 1. The Bertz CT molecular complexity index is 3400. The molecule has 0 radical (unpaired) electrons. The summed E-state index contributed by atoms with van der Waals surface area (Å²) < 4.78 is 71.1. The maximum absolute atomic E-state index is 14.7. The molecule has 2 saturated carbocycles. The van der Waals surface area contributed by atoms with E-state index in [0.29, 0.717) is 49.1 Å². The number of nitro groups is 1. The molecule has 0 bridgehead atoms. The molecule has 77 heavy (non-hydrogen) atoms. The highest BCUT2D eigenvalue weighted by Gasteiger charge is 2.50. The van der Waals surface area contributed by atoms with E-state index in [0.717, 1.165) is 88.5 Å². The number of sulfonamides is 1. The zero-order valence-corrected chi connectivity index (χ0v) is 45.5. The van der Waals surface area contributed by atoms with Gasteiger partial charge in [-0.15, -0.1) is 0 Å². The number of carbonyl (C=O) groups excluding carboxylic acids is 1. The normalized spacial score (nSPS) is 22.1. The SMILES string of the molecule is CC(C)c1ccccc1[C@@H]1CN(Cc2ccc(S(C)(=N)=O)cc2)CCN1C1CC2(CCN(c3ccc(C(=O)NS(=O)(=O)c4cnc(NCC5CCC(C)(O)CC5)c([N+](=O)[O-])c4)c(Oc4cnc5[nH]cc(F)c5c4)c3)CC2)C1. The first kappa shape index (κ1) is 53.9. The summed E-state index contributed by atoms with van der Waals surface area (Å²) in [5, 5.41) is 25.7. The molecule has 2 aliphatic carbocycles. The highest BCUT2D eigenvalue weighted by Crippen LogP contribution is 2.53. The average molecular weight is 1090 g/mol. The summed E-state index contributed by atoms with van der Waals surface area (Å²) in [5.41, 5.74) is 3.56. The van der Waals surface area contributed by atoms with Crippen molar-refractivity contribution in [3.05, 3.63) is 136 Å². The third-order valence-electron chi connectivity index (χ3n) is 16.5. The van der Waals surface area contributed by atoms with Gasteiger partial charge < -0.3 is 25.0 Å². The lowest BCUT2D eigenvalue weighted by molar-refractivity contribution is -0.384. The van der Waals surface area contributed by atoms with Crippen molar-refractivity contribution >= 4 is 53.9 Å². The average Bonchev–Trinajstić information content (AvgIpc) is 3.78. The van der Waals surface area contributed by atoms with Gasteiger partial charge in [0.2, 0.25) is 5.82 Å². The minimum atomic E-state index is -4.72. The number of carbonyl (C=O) groups is 1. The van der Waals surface area contributed by atoms with E-state index in [4.69, 9.17) is 9.52 Å². The van der Waals surface area contributed by atoms with E-state index >= 15 is 0 Å². The minimum absolute atomic E-state index is 0.00708. The predicted molar refractivity (Wildman–Crippen MR) is 293 cm³/mol. The molecule has 408 valence electrons. The van der Waals surface area contributed by atoms with E-state index in [1.54, 1.807) is 19.1 Å². The van der Waals surface area contributed by atoms with E-state index in [2.05, 4.69) is 77.8 Å². The maximum Gasteiger partial charge on any atom is 0.312 e. The van der Waals surface area contributed by atoms with E-state index in [1.165, 1.54) is 41.9 Å². The topological polar surface area (TPSA) is 240 Å². The number of aromatic amines is 1. The van der Waals surface area contributed by atoms with Crippen LogP contribution in [-0.2, 0) is 26.3 Å². The number of nitrogens with one attached hydrogen (secondary N) is 4. The van der Waals surface area contributed by atoms with Gasteiger partial charge in [-0.2, -0.15) is 0 Å². The second kappa shape index (κ2) is 21.4. The van der Waals surface area contributed by atoms with Crippen LogP contribution in [0.2, 0.25) is 0 Å². The third kappa shape index (κ3) is 11.8. The van der Waals surface area contributed by atoms with Crippen LogP contribution < -0.4 is 19.7 Å². The Morgan fingerprint density at radius 2 is 1.69 bits per heavy atom. The van der Waals surface area contributed by atoms with Gasteiger partial charge >= 0.3 is 5.69 Å². The summed E-state index contributed by atoms with van der Waals surface area (Å²) in [4.78, 5) is 44.1. The lowest BCUT2D eigenvalue weighted by Crippen LogP contribution is -2.60. The summed E-state index contributed by atoms with van der Waals surface area (Å²) >= 11 is 0. The Balaban J connectivity index is 0.836. The number of pyridine rings is 2. The molecule has 3 aromatic heterocycles. The molecule has 5 heterocycles. The van der Waals surface area contributed by atoms with Gasteiger partial charge in [-0.25, -0.2) is 36.5 Å². The zero-order chi connectivity index (χ0) is 54.4. The Morgan fingerprint density at radius 1 is 0.961 bits per heavy atom. The number of benzene rings is 3. The van der Waals surface area contributed by atoms with Crippen LogP contribution in [0.5, 0.6) is 11.5 Å². The summed E-state index contributed by atoms with van der Waals surface area (Å²) in [7, 11) is -7.51. The fourth-order valence-corrected chi connectivity index (χ4v) is 13.5. The number of nitrogens with zero attached hydrogens (tertiary/aromatic N) is 6. The standard InChI is InChI=1S/C56H67FN10O8S2/c1-36(2)44-7-5-6-8-45(44)50-35-64(34-38-9-12-42(13-10-38)76(4,58)72)23-24-66(50)40-28-56(29-40)19-21-65(22-20-56)39-11-14-46(51(25-39)75-41-26-47-48(57)33-62-52(47)60-31-41)54(68)63-77(73,74)43-27-49(67(70)71)53(61-32-43)59-30-37-15-17-55(3,69)18-16-37/h5-14,25-27,31-33,36-37,40,50,58,69H,15-24,28-30,34-35H2,1-4H3,(H,59,61)(H,60,62)(H,63,68)/t37?,50-,55?,76?/m0/s1. The summed E-state index contributed by atoms with van der Waals surface area (Å²) in [5.74, 6) is -1.14. The van der Waals surface area contributed by atoms with Gasteiger partial charge in [-0.05, 0) is 123 Å². The van der Waals surface area contributed by atoms with Gasteiger partial charge in [-0.3, -0.25) is 24.7 Å². The molecule has 2 aliphatic heterocycles. The monoisotopic (exact) mass is 1090 g/mol. The lowest BCUT2D eigenvalue weighted by Gasteiger charge is -2.58. The molecule has 4 fully saturated rings. The van der Waals surface area contributed by atoms with Crippen LogP contribution in [0.3, 0.4) is 0 Å². The van der Waals surface area contributed by atoms with Crippen LogP contribution in [0.15, 0.2) is 107 Å². The zero-order valence-electron chi connectivity index (χ0n) is 43.8. The van der Waals surface area contributed by atoms with E-state index < -0.39 is 52.6 Å². The molecule has 3 aromatic carbocycles. The second-order valence-electron chi connectivity index (χ2n) is 22.3. The first-order valence-corrected chi connectivity index (χ1v) is 29.8. The summed E-state index contributed by atoms with van der Waals surface area (Å²) in [6.07, 6.45) is 11.6. The van der Waals surface area contributed by atoms with Crippen molar-refractivity contribution in [3.63, 3.8) is 0 Å². The highest BCUT2D eigenvalue weighted by molar-refractivity contribution is 7.91. The van der Waals surface area contributed by atoms with Crippen molar-refractivity contribution < 1.29 is 36.6 Å². The molecule has 6 aromatic rings. The number of amides is 1. The van der Waals surface area contributed by atoms with Gasteiger partial charge in [0, 0.05) is 93.1 Å². The maximum atomic E-state index is 14.7. The third-order valence-corrected chi connectivity index (χ3v) is 18.9. The second-order valence-corrected chi connectivity index (χ2v) is 26.2. The number of anilines is 2. The van der Waals surface area contributed by atoms with Crippen molar-refractivity contribution in [2.75, 3.05) is 55.7 Å². The van der Waals surface area contributed by atoms with E-state index in [-0.39, 0.29) is 51.3 Å². The quantitative estimate of drug-likeness (QED) is 0.0448. The van der Waals surface area contributed by atoms with E-state index in [9.17, 15) is 37.0 Å². The number of hydrogen-bond acceptors (Lipinski definition) is 15. The first-order valence-electron chi connectivity index (χ1n) is 26.4. The molecular formula is C56H67FN10O8S2. The number of aromatic nitrogens is 3. The van der Waals surface area contributed by atoms with Crippen LogP contribution in [0.1, 0.15) is 111 Å². The van der Waals surface area contributed by atoms with Crippen LogP contribution in [-0.4, -0.2) is 110 Å². The van der Waals surface area contributed by atoms with Crippen molar-refractivity contribution in [1.29, 1.82) is 4.78 Å². The van der Waals surface area contributed by atoms with Gasteiger partial charge in [0.25, 0.3) is 15.9 Å². The Morgan fingerprint density at radius 3 is 2.39 bits per heavy atom. The van der Waals surface area contributed by atoms with Crippen molar-refractivity contribution in [1.82, 2.24) is 29.5 Å². The first-order chi connectivity index (χ1) is 36.6. The number of rotatable bonds is 16. The highest BCUT2D eigenvalue weighted by atomic mass is 32.2. The number of piperazine rings is 1. The van der Waals surface area contributed by atoms with Crippen LogP contribution in [0.4, 0.5) is 21.6 Å². The molecule has 1 spiro atoms. The molecule has 5 N–H and O–H groups in total. The summed E-state index contributed by atoms with van der Waals surface area (Å²) in [6, 6.07) is 24.2. The number of ether oxygens (including phenoxy) is 1. The van der Waals surface area contributed by atoms with Crippen LogP contribution in [0, 0.1) is 32.0 Å². The van der Waals surface area contributed by atoms with Crippen molar-refractivity contribution in [2.45, 2.75) is 112 Å². The lowest BCUT2D eigenvalue weighted by atomic mass is 9.59. The van der Waals surface area contributed by atoms with Gasteiger partial charge in [-0.1, -0.05) is 50.2 Å². The molecule has 18 nitrogen and oxygen atoms in total. The molecule has 21 heteroatoms. The van der Waals surface area contributed by atoms with Gasteiger partial charge in [0.05, 0.1) is 43.6 Å². The van der Waals surface area contributed by atoms with Crippen LogP contribution in [0.25, 0.3) is 11.0 Å². The molecule has 4 aliphatic rings. The number of fused-ring (bicyclic) bond motifs is 1. The number of halogens is 1. The fraction of sp³-hybridized carbons (Fsp3) is 0.446. The van der Waals surface area contributed by atoms with Crippen LogP contribution >= 0.6 is 0 Å². The smallest absolute Gasteiger partial charge is 0.312 e. The molecule has 1 unspecified atom stereocenters. The number of piperidine rings is 1. The number of aliphatic hydroxyl groups is 1. The predicted octanol–water partition coefficient (Wildman–Crippen LogP) is 9.74. The van der Waals surface area contributed by atoms with E-state index in [1.807, 2.05) is 24.3 Å². The minimum Gasteiger partial charge on any atom is -0.455 e. The molecule has 10 rings (SSSR count). The largest absolute Gasteiger partial charge is 0.455 e. The Labute approximate surface area is 449 Å². The van der Waals surface area contributed by atoms with Gasteiger partial charge in [0.1, 0.15) is 27.9 Å². The molecular weight excluding hydrogens is 1020 g/mol. The van der Waals surface area contributed by atoms with Gasteiger partial charge in [0.15, 0.2) is 0 Å². The Hall–Kier alpha value is -6.52. The number of hydrogen-bond donors (Lipinski definition) is 5. The Kier molecular flexibility index (Phi) is 14.9. The fourth-order valence-electron chi connectivity index (χ4n) is 11.9. The molecule has 2 saturated heterocycles.